The number of hydrogen-bond acceptors (Lipinski definition) is 4. The minimum Gasteiger partial charge on any atom is -0.487 e. The molecule has 4 aliphatic heterocycles. The van der Waals surface area contributed by atoms with Gasteiger partial charge in [-0.15, -0.1) is 0 Å². The van der Waals surface area contributed by atoms with Crippen LogP contribution in [0.25, 0.3) is 0 Å². The molecule has 4 aromatic carbocycles. The Kier molecular flexibility index (Phi) is 4.86. The molecular formula is C34H28N2O4. The van der Waals surface area contributed by atoms with Crippen molar-refractivity contribution in [2.24, 2.45) is 0 Å². The summed E-state index contributed by atoms with van der Waals surface area (Å²) < 4.78 is 13.8. The predicted molar refractivity (Wildman–Crippen MR) is 150 cm³/mol. The normalized spacial score (nSPS) is 29.4. The molecule has 4 aromatic rings. The van der Waals surface area contributed by atoms with E-state index in [1.807, 2.05) is 109 Å². The Morgan fingerprint density at radius 2 is 1.62 bits per heavy atom. The number of benzene rings is 4. The molecule has 0 bridgehead atoms. The molecule has 5 atom stereocenters. The van der Waals surface area contributed by atoms with Crippen molar-refractivity contribution >= 4 is 17.5 Å². The van der Waals surface area contributed by atoms with Crippen LogP contribution in [-0.2, 0) is 26.5 Å². The summed E-state index contributed by atoms with van der Waals surface area (Å²) in [4.78, 5) is 30.1. The van der Waals surface area contributed by atoms with Crippen LogP contribution in [-0.4, -0.2) is 23.5 Å². The first-order chi connectivity index (χ1) is 19.5. The quantitative estimate of drug-likeness (QED) is 0.391. The van der Waals surface area contributed by atoms with Gasteiger partial charge in [-0.05, 0) is 36.2 Å². The lowest BCUT2D eigenvalue weighted by molar-refractivity contribution is -0.144. The number of para-hydroxylation sites is 1. The van der Waals surface area contributed by atoms with Crippen LogP contribution < -0.4 is 15.0 Å². The summed E-state index contributed by atoms with van der Waals surface area (Å²) in [6, 6.07) is 34.0. The van der Waals surface area contributed by atoms with Gasteiger partial charge in [0.25, 0.3) is 5.91 Å². The third-order valence-corrected chi connectivity index (χ3v) is 9.07. The standard InChI is InChI=1S/C34H28N2O4/c1-21-16-17-27-24(18-21)31-33(28(39-27)19-29(37)35-33)30(23-12-6-3-7-13-23)34(40-31)25-14-8-9-15-26(25)36(32(34)38)20-22-10-4-2-5-11-22/h2-18,28,30-31H,19-20H2,1H3,(H,35,37)/t28-,30+,31+,33-,34-/m1/s1. The molecule has 2 spiro atoms. The first-order valence-corrected chi connectivity index (χ1v) is 13.8. The zero-order chi connectivity index (χ0) is 27.1. The second-order valence-corrected chi connectivity index (χ2v) is 11.3. The highest BCUT2D eigenvalue weighted by Crippen LogP contribution is 2.68. The molecule has 6 nitrogen and oxygen atoms in total. The van der Waals surface area contributed by atoms with Crippen molar-refractivity contribution in [3.05, 3.63) is 131 Å². The van der Waals surface area contributed by atoms with Crippen molar-refractivity contribution in [3.8, 4) is 5.75 Å². The Morgan fingerprint density at radius 1 is 0.900 bits per heavy atom. The van der Waals surface area contributed by atoms with E-state index in [0.29, 0.717) is 12.3 Å². The van der Waals surface area contributed by atoms with Crippen LogP contribution in [0.3, 0.4) is 0 Å². The van der Waals surface area contributed by atoms with Crippen molar-refractivity contribution in [2.75, 3.05) is 4.90 Å². The molecule has 0 saturated carbocycles. The van der Waals surface area contributed by atoms with Crippen molar-refractivity contribution in [2.45, 2.75) is 49.2 Å². The molecule has 4 heterocycles. The zero-order valence-corrected chi connectivity index (χ0v) is 22.0. The molecular weight excluding hydrogens is 500 g/mol. The first-order valence-electron chi connectivity index (χ1n) is 13.8. The molecule has 0 radical (unpaired) electrons. The maximum atomic E-state index is 15.0. The number of rotatable bonds is 3. The Bertz CT molecular complexity index is 1670. The van der Waals surface area contributed by atoms with Gasteiger partial charge >= 0.3 is 0 Å². The molecule has 40 heavy (non-hydrogen) atoms. The van der Waals surface area contributed by atoms with E-state index >= 15 is 4.79 Å². The number of carbonyl (C=O) groups is 2. The summed E-state index contributed by atoms with van der Waals surface area (Å²) in [6.07, 6.45) is -0.865. The molecule has 0 aromatic heterocycles. The van der Waals surface area contributed by atoms with Crippen LogP contribution in [0.1, 0.15) is 46.3 Å². The summed E-state index contributed by atoms with van der Waals surface area (Å²) in [6.45, 7) is 2.45. The molecule has 0 unspecified atom stereocenters. The lowest BCUT2D eigenvalue weighted by Crippen LogP contribution is -2.60. The van der Waals surface area contributed by atoms with E-state index in [4.69, 9.17) is 9.47 Å². The fraction of sp³-hybridized carbons (Fsp3) is 0.235. The lowest BCUT2D eigenvalue weighted by Gasteiger charge is -2.44. The Balaban J connectivity index is 1.40. The van der Waals surface area contributed by atoms with Crippen molar-refractivity contribution in [1.29, 1.82) is 0 Å². The van der Waals surface area contributed by atoms with E-state index in [1.54, 1.807) is 0 Å². The van der Waals surface area contributed by atoms with Crippen LogP contribution in [0.15, 0.2) is 103 Å². The minimum absolute atomic E-state index is 0.0963. The molecule has 2 amide bonds. The van der Waals surface area contributed by atoms with E-state index in [-0.39, 0.29) is 18.2 Å². The Hall–Kier alpha value is -4.42. The van der Waals surface area contributed by atoms with Crippen LogP contribution in [0.2, 0.25) is 0 Å². The highest BCUT2D eigenvalue weighted by Gasteiger charge is 2.77. The summed E-state index contributed by atoms with van der Waals surface area (Å²) >= 11 is 0. The van der Waals surface area contributed by atoms with Crippen LogP contribution in [0.5, 0.6) is 5.75 Å². The number of ether oxygens (including phenoxy) is 2. The average molecular weight is 529 g/mol. The van der Waals surface area contributed by atoms with Crippen molar-refractivity contribution < 1.29 is 19.1 Å². The average Bonchev–Trinajstić information content (AvgIpc) is 3.55. The molecule has 4 aliphatic rings. The molecule has 2 saturated heterocycles. The van der Waals surface area contributed by atoms with Crippen molar-refractivity contribution in [3.63, 3.8) is 0 Å². The fourth-order valence-electron chi connectivity index (χ4n) is 7.56. The summed E-state index contributed by atoms with van der Waals surface area (Å²) in [5, 5.41) is 3.35. The zero-order valence-electron chi connectivity index (χ0n) is 22.0. The number of amides is 2. The first kappa shape index (κ1) is 23.5. The van der Waals surface area contributed by atoms with Crippen molar-refractivity contribution in [1.82, 2.24) is 5.32 Å². The number of aryl methyl sites for hydroxylation is 1. The smallest absolute Gasteiger partial charge is 0.265 e. The number of nitrogens with one attached hydrogen (secondary N) is 1. The van der Waals surface area contributed by atoms with E-state index in [9.17, 15) is 4.79 Å². The van der Waals surface area contributed by atoms with Gasteiger partial charge in [0.1, 0.15) is 23.5 Å². The van der Waals surface area contributed by atoms with E-state index in [2.05, 4.69) is 11.4 Å². The third kappa shape index (κ3) is 2.97. The summed E-state index contributed by atoms with van der Waals surface area (Å²) in [5.74, 6) is -0.0348. The molecule has 0 aliphatic carbocycles. The number of nitrogens with zero attached hydrogens (tertiary/aromatic N) is 1. The fourth-order valence-corrected chi connectivity index (χ4v) is 7.56. The maximum absolute atomic E-state index is 15.0. The molecule has 198 valence electrons. The topological polar surface area (TPSA) is 67.9 Å². The molecule has 1 N–H and O–H groups in total. The van der Waals surface area contributed by atoms with Gasteiger partial charge in [-0.25, -0.2) is 0 Å². The second kappa shape index (κ2) is 8.29. The molecule has 8 rings (SSSR count). The van der Waals surface area contributed by atoms with E-state index in [0.717, 1.165) is 33.5 Å². The van der Waals surface area contributed by atoms with Gasteiger partial charge in [0.2, 0.25) is 5.91 Å². The number of fused-ring (bicyclic) bond motifs is 4. The highest BCUT2D eigenvalue weighted by molar-refractivity contribution is 6.08. The lowest BCUT2D eigenvalue weighted by atomic mass is 9.64. The second-order valence-electron chi connectivity index (χ2n) is 11.3. The third-order valence-electron chi connectivity index (χ3n) is 9.07. The predicted octanol–water partition coefficient (Wildman–Crippen LogP) is 5.31. The van der Waals surface area contributed by atoms with E-state index in [1.165, 1.54) is 0 Å². The molecule has 6 heteroatoms. The van der Waals surface area contributed by atoms with E-state index < -0.39 is 29.3 Å². The van der Waals surface area contributed by atoms with Gasteiger partial charge in [-0.3, -0.25) is 9.59 Å². The Labute approximate surface area is 232 Å². The van der Waals surface area contributed by atoms with Crippen LogP contribution >= 0.6 is 0 Å². The number of hydrogen-bond donors (Lipinski definition) is 1. The van der Waals surface area contributed by atoms with Crippen LogP contribution in [0.4, 0.5) is 5.69 Å². The Morgan fingerprint density at radius 3 is 2.42 bits per heavy atom. The number of anilines is 1. The highest BCUT2D eigenvalue weighted by atomic mass is 16.5. The van der Waals surface area contributed by atoms with Gasteiger partial charge in [0.05, 0.1) is 24.6 Å². The van der Waals surface area contributed by atoms with Gasteiger partial charge in [-0.1, -0.05) is 90.5 Å². The van der Waals surface area contributed by atoms with Gasteiger partial charge < -0.3 is 19.7 Å². The minimum atomic E-state index is -1.36. The maximum Gasteiger partial charge on any atom is 0.265 e. The number of carbonyl (C=O) groups excluding carboxylic acids is 2. The summed E-state index contributed by atoms with van der Waals surface area (Å²) in [5.41, 5.74) is 3.21. The SMILES string of the molecule is Cc1ccc2c(c1)[C@@H]1O[C@@]3(C(=O)N(Cc4ccccc4)c4ccccc43)[C@@H](c3ccccc3)[C@@]13NC(=O)C[C@H]3O2. The van der Waals surface area contributed by atoms with Crippen LogP contribution in [0, 0.1) is 6.92 Å². The molecule has 2 fully saturated rings. The monoisotopic (exact) mass is 528 g/mol. The van der Waals surface area contributed by atoms with Gasteiger partial charge in [0, 0.05) is 11.1 Å². The summed E-state index contributed by atoms with van der Waals surface area (Å²) in [7, 11) is 0. The van der Waals surface area contributed by atoms with Gasteiger partial charge in [0.15, 0.2) is 5.60 Å². The largest absolute Gasteiger partial charge is 0.487 e. The van der Waals surface area contributed by atoms with Gasteiger partial charge in [-0.2, -0.15) is 0 Å².